The highest BCUT2D eigenvalue weighted by Crippen LogP contribution is 2.09. The molecule has 84 valence electrons. The van der Waals surface area contributed by atoms with Gasteiger partial charge in [0.2, 0.25) is 0 Å². The van der Waals surface area contributed by atoms with Gasteiger partial charge in [-0.15, -0.1) is 0 Å². The first kappa shape index (κ1) is 12.5. The molecule has 0 aliphatic carbocycles. The third-order valence-electron chi connectivity index (χ3n) is 2.35. The van der Waals surface area contributed by atoms with Crippen molar-refractivity contribution in [3.05, 3.63) is 34.9 Å². The highest BCUT2D eigenvalue weighted by molar-refractivity contribution is 6.30. The molecule has 0 heterocycles. The summed E-state index contributed by atoms with van der Waals surface area (Å²) >= 11 is 5.78. The summed E-state index contributed by atoms with van der Waals surface area (Å²) in [5.41, 5.74) is 1.26. The molecule has 2 nitrogen and oxygen atoms in total. The van der Waals surface area contributed by atoms with Gasteiger partial charge in [-0.05, 0) is 37.1 Å². The Hall–Kier alpha value is -0.570. The molecule has 1 rings (SSSR count). The maximum atomic E-state index is 9.31. The highest BCUT2D eigenvalue weighted by atomic mass is 35.5. The average molecular weight is 228 g/mol. The number of nitrogens with one attached hydrogen (secondary N) is 1. The number of hydrogen-bond acceptors (Lipinski definition) is 2. The number of hydrogen-bond donors (Lipinski definition) is 2. The molecule has 0 amide bonds. The monoisotopic (exact) mass is 227 g/mol. The van der Waals surface area contributed by atoms with Crippen molar-refractivity contribution < 1.29 is 5.11 Å². The van der Waals surface area contributed by atoms with Gasteiger partial charge < -0.3 is 10.4 Å². The molecule has 3 heteroatoms. The van der Waals surface area contributed by atoms with E-state index < -0.39 is 0 Å². The minimum absolute atomic E-state index is 0.227. The van der Waals surface area contributed by atoms with Crippen LogP contribution in [0.5, 0.6) is 0 Å². The minimum Gasteiger partial charge on any atom is -0.392 e. The Labute approximate surface area is 96.3 Å². The van der Waals surface area contributed by atoms with Gasteiger partial charge in [-0.3, -0.25) is 0 Å². The van der Waals surface area contributed by atoms with Crippen molar-refractivity contribution in [3.8, 4) is 0 Å². The molecule has 0 radical (unpaired) electrons. The van der Waals surface area contributed by atoms with Crippen molar-refractivity contribution in [1.29, 1.82) is 0 Å². The number of aliphatic hydroxyl groups excluding tert-OH is 1. The van der Waals surface area contributed by atoms with E-state index >= 15 is 0 Å². The normalized spacial score (nSPS) is 12.7. The van der Waals surface area contributed by atoms with Crippen molar-refractivity contribution in [2.75, 3.05) is 13.1 Å². The maximum absolute atomic E-state index is 9.31. The van der Waals surface area contributed by atoms with E-state index in [4.69, 9.17) is 11.6 Å². The molecular formula is C12H18ClNO. The van der Waals surface area contributed by atoms with E-state index in [1.165, 1.54) is 5.56 Å². The van der Waals surface area contributed by atoms with Gasteiger partial charge in [-0.25, -0.2) is 0 Å². The molecule has 2 N–H and O–H groups in total. The van der Waals surface area contributed by atoms with E-state index in [-0.39, 0.29) is 6.10 Å². The zero-order valence-corrected chi connectivity index (χ0v) is 9.80. The van der Waals surface area contributed by atoms with Crippen LogP contribution in [0.2, 0.25) is 5.02 Å². The molecule has 0 aromatic heterocycles. The molecule has 0 bridgehead atoms. The molecule has 1 unspecified atom stereocenters. The third-order valence-corrected chi connectivity index (χ3v) is 2.61. The fourth-order valence-electron chi connectivity index (χ4n) is 1.30. The summed E-state index contributed by atoms with van der Waals surface area (Å²) in [6.45, 7) is 3.54. The Morgan fingerprint density at radius 2 is 2.00 bits per heavy atom. The first-order valence-corrected chi connectivity index (χ1v) is 5.73. The zero-order valence-electron chi connectivity index (χ0n) is 9.04. The van der Waals surface area contributed by atoms with Crippen LogP contribution >= 0.6 is 11.6 Å². The van der Waals surface area contributed by atoms with Gasteiger partial charge in [0.25, 0.3) is 0 Å². The van der Waals surface area contributed by atoms with E-state index in [2.05, 4.69) is 5.32 Å². The molecule has 0 saturated heterocycles. The molecule has 15 heavy (non-hydrogen) atoms. The molecule has 1 aromatic rings. The summed E-state index contributed by atoms with van der Waals surface area (Å²) < 4.78 is 0. The fourth-order valence-corrected chi connectivity index (χ4v) is 1.42. The van der Waals surface area contributed by atoms with Crippen LogP contribution in [0.1, 0.15) is 18.9 Å². The van der Waals surface area contributed by atoms with E-state index in [1.807, 2.05) is 31.2 Å². The van der Waals surface area contributed by atoms with Crippen molar-refractivity contribution >= 4 is 11.6 Å². The number of benzene rings is 1. The molecule has 0 aliphatic rings. The van der Waals surface area contributed by atoms with Crippen LogP contribution in [-0.4, -0.2) is 24.3 Å². The predicted molar refractivity (Wildman–Crippen MR) is 64.3 cm³/mol. The maximum Gasteiger partial charge on any atom is 0.0662 e. The first-order valence-electron chi connectivity index (χ1n) is 5.35. The van der Waals surface area contributed by atoms with Crippen LogP contribution in [0.3, 0.4) is 0 Å². The molecule has 0 aliphatic heterocycles. The lowest BCUT2D eigenvalue weighted by atomic mass is 10.1. The van der Waals surface area contributed by atoms with Gasteiger partial charge in [0.15, 0.2) is 0 Å². The number of halogens is 1. The van der Waals surface area contributed by atoms with Crippen molar-refractivity contribution in [1.82, 2.24) is 5.32 Å². The summed E-state index contributed by atoms with van der Waals surface area (Å²) in [4.78, 5) is 0. The molecule has 0 saturated carbocycles. The van der Waals surface area contributed by atoms with E-state index in [9.17, 15) is 5.11 Å². The minimum atomic E-state index is -0.227. The lowest BCUT2D eigenvalue weighted by Crippen LogP contribution is -2.27. The number of aliphatic hydroxyl groups is 1. The average Bonchev–Trinajstić information content (AvgIpc) is 2.26. The topological polar surface area (TPSA) is 32.3 Å². The Kier molecular flexibility index (Phi) is 5.69. The molecule has 0 spiro atoms. The lowest BCUT2D eigenvalue weighted by Gasteiger charge is -2.09. The summed E-state index contributed by atoms with van der Waals surface area (Å²) in [7, 11) is 0. The Bertz CT molecular complexity index is 273. The summed E-state index contributed by atoms with van der Waals surface area (Å²) in [6, 6.07) is 7.86. The fraction of sp³-hybridized carbons (Fsp3) is 0.500. The Morgan fingerprint density at radius 3 is 2.60 bits per heavy atom. The van der Waals surface area contributed by atoms with Crippen LogP contribution in [0.15, 0.2) is 24.3 Å². The van der Waals surface area contributed by atoms with Gasteiger partial charge in [-0.1, -0.05) is 30.7 Å². The summed E-state index contributed by atoms with van der Waals surface area (Å²) in [5.74, 6) is 0. The van der Waals surface area contributed by atoms with Gasteiger partial charge in [0.05, 0.1) is 6.10 Å². The molecule has 0 fully saturated rings. The number of rotatable bonds is 6. The van der Waals surface area contributed by atoms with Gasteiger partial charge in [0, 0.05) is 11.6 Å². The van der Waals surface area contributed by atoms with E-state index in [1.54, 1.807) is 0 Å². The van der Waals surface area contributed by atoms with Crippen LogP contribution in [0, 0.1) is 0 Å². The van der Waals surface area contributed by atoms with Crippen molar-refractivity contribution in [2.45, 2.75) is 25.9 Å². The quantitative estimate of drug-likeness (QED) is 0.731. The smallest absolute Gasteiger partial charge is 0.0662 e. The van der Waals surface area contributed by atoms with Gasteiger partial charge in [0.1, 0.15) is 0 Å². The highest BCUT2D eigenvalue weighted by Gasteiger charge is 1.99. The van der Waals surface area contributed by atoms with Crippen LogP contribution < -0.4 is 5.32 Å². The predicted octanol–water partition coefficient (Wildman–Crippen LogP) is 2.24. The van der Waals surface area contributed by atoms with Crippen LogP contribution in [0.4, 0.5) is 0 Å². The Balaban J connectivity index is 2.17. The van der Waals surface area contributed by atoms with Crippen LogP contribution in [-0.2, 0) is 6.42 Å². The third kappa shape index (κ3) is 5.17. The van der Waals surface area contributed by atoms with Gasteiger partial charge >= 0.3 is 0 Å². The van der Waals surface area contributed by atoms with Crippen LogP contribution in [0.25, 0.3) is 0 Å². The second-order valence-corrected chi connectivity index (χ2v) is 4.08. The van der Waals surface area contributed by atoms with Crippen molar-refractivity contribution in [2.24, 2.45) is 0 Å². The standard InChI is InChI=1S/C12H18ClNO/c1-2-12(15)9-14-8-7-10-3-5-11(13)6-4-10/h3-6,12,14-15H,2,7-9H2,1H3. The summed E-state index contributed by atoms with van der Waals surface area (Å²) in [5, 5.41) is 13.3. The second-order valence-electron chi connectivity index (χ2n) is 3.64. The van der Waals surface area contributed by atoms with Crippen molar-refractivity contribution in [3.63, 3.8) is 0 Å². The largest absolute Gasteiger partial charge is 0.392 e. The molecule has 1 atom stereocenters. The first-order chi connectivity index (χ1) is 7.22. The summed E-state index contributed by atoms with van der Waals surface area (Å²) in [6.07, 6.45) is 1.54. The van der Waals surface area contributed by atoms with Gasteiger partial charge in [-0.2, -0.15) is 0 Å². The zero-order chi connectivity index (χ0) is 11.1. The molecular weight excluding hydrogens is 210 g/mol. The van der Waals surface area contributed by atoms with E-state index in [0.717, 1.165) is 24.4 Å². The molecule has 1 aromatic carbocycles. The lowest BCUT2D eigenvalue weighted by molar-refractivity contribution is 0.168. The second kappa shape index (κ2) is 6.83. The van der Waals surface area contributed by atoms with E-state index in [0.29, 0.717) is 6.54 Å². The SMILES string of the molecule is CCC(O)CNCCc1ccc(Cl)cc1. The Morgan fingerprint density at radius 1 is 1.33 bits per heavy atom.